The number of hydrogen-bond acceptors (Lipinski definition) is 9. The van der Waals surface area contributed by atoms with E-state index in [1.54, 1.807) is 45.2 Å². The zero-order chi connectivity index (χ0) is 26.7. The van der Waals surface area contributed by atoms with Gasteiger partial charge in [0, 0.05) is 12.7 Å². The van der Waals surface area contributed by atoms with Crippen molar-refractivity contribution in [3.05, 3.63) is 79.2 Å². The van der Waals surface area contributed by atoms with Gasteiger partial charge < -0.3 is 14.0 Å². The van der Waals surface area contributed by atoms with E-state index in [2.05, 4.69) is 0 Å². The summed E-state index contributed by atoms with van der Waals surface area (Å²) in [6.45, 7) is -0.552. The Kier molecular flexibility index (Phi) is 8.91. The number of sulfonamides is 1. The summed E-state index contributed by atoms with van der Waals surface area (Å²) in [5.41, 5.74) is -0.0661. The number of carbonyl (C=O) groups is 2. The van der Waals surface area contributed by atoms with Crippen LogP contribution in [0.4, 0.5) is 4.39 Å². The number of benzene rings is 3. The Hall–Kier alpha value is -2.35. The van der Waals surface area contributed by atoms with Gasteiger partial charge in [-0.15, -0.1) is 0 Å². The van der Waals surface area contributed by atoms with E-state index in [-0.39, 0.29) is 29.1 Å². The molecule has 0 atom stereocenters. The maximum atomic E-state index is 13.3. The molecule has 1 N–H and O–H groups in total. The lowest BCUT2D eigenvalue weighted by molar-refractivity contribution is -0.136. The first kappa shape index (κ1) is 28.2. The van der Waals surface area contributed by atoms with E-state index in [1.165, 1.54) is 42.5 Å². The Bertz CT molecular complexity index is 1520. The molecule has 190 valence electrons. The van der Waals surface area contributed by atoms with Crippen LogP contribution in [0.1, 0.15) is 10.4 Å². The fourth-order valence-corrected chi connectivity index (χ4v) is 7.64. The SMILES string of the molecule is O=C(COc1cc(I)c(S(=O)(=O)[O-])c(I)c1)Oc1ccc(C(=O)NS(=O)(=O)c2cccc(F)c2)cc1. The van der Waals surface area contributed by atoms with Crippen molar-refractivity contribution in [3.8, 4) is 11.5 Å². The van der Waals surface area contributed by atoms with Crippen molar-refractivity contribution in [2.24, 2.45) is 0 Å². The van der Waals surface area contributed by atoms with Crippen molar-refractivity contribution in [2.75, 3.05) is 6.61 Å². The molecule has 0 saturated heterocycles. The average molecular weight is 760 g/mol. The minimum absolute atomic E-state index is 0.0325. The Morgan fingerprint density at radius 3 is 2.08 bits per heavy atom. The first-order valence-electron chi connectivity index (χ1n) is 9.47. The second-order valence-electron chi connectivity index (χ2n) is 6.85. The largest absolute Gasteiger partial charge is 0.744 e. The highest BCUT2D eigenvalue weighted by atomic mass is 127. The highest BCUT2D eigenvalue weighted by Crippen LogP contribution is 2.29. The van der Waals surface area contributed by atoms with Crippen LogP contribution in [0.5, 0.6) is 11.5 Å². The number of rotatable bonds is 8. The van der Waals surface area contributed by atoms with Gasteiger partial charge in [-0.3, -0.25) is 4.79 Å². The Balaban J connectivity index is 1.60. The van der Waals surface area contributed by atoms with Gasteiger partial charge in [0.15, 0.2) is 6.61 Å². The molecule has 0 aliphatic heterocycles. The van der Waals surface area contributed by atoms with E-state index in [9.17, 15) is 35.4 Å². The van der Waals surface area contributed by atoms with E-state index in [1.807, 2.05) is 4.72 Å². The summed E-state index contributed by atoms with van der Waals surface area (Å²) in [5.74, 6) is -2.42. The van der Waals surface area contributed by atoms with Gasteiger partial charge in [0.2, 0.25) is 0 Å². The molecule has 0 unspecified atom stereocenters. The number of carbonyl (C=O) groups excluding carboxylic acids is 2. The average Bonchev–Trinajstić information content (AvgIpc) is 2.76. The van der Waals surface area contributed by atoms with Crippen molar-refractivity contribution in [3.63, 3.8) is 0 Å². The molecule has 0 aliphatic rings. The fourth-order valence-electron chi connectivity index (χ4n) is 2.71. The molecule has 0 saturated carbocycles. The zero-order valence-electron chi connectivity index (χ0n) is 17.6. The lowest BCUT2D eigenvalue weighted by Gasteiger charge is -2.14. The third-order valence-corrected chi connectivity index (χ3v) is 8.96. The molecule has 0 aliphatic carbocycles. The number of amides is 1. The van der Waals surface area contributed by atoms with Gasteiger partial charge in [-0.25, -0.2) is 30.7 Å². The minimum Gasteiger partial charge on any atom is -0.744 e. The molecule has 3 aromatic carbocycles. The molecule has 3 rings (SSSR count). The van der Waals surface area contributed by atoms with Crippen LogP contribution < -0.4 is 14.2 Å². The number of halogens is 3. The van der Waals surface area contributed by atoms with Gasteiger partial charge in [0.05, 0.1) is 9.79 Å². The normalized spacial score (nSPS) is 11.6. The molecular formula is C21H13FI2NO9S2-. The lowest BCUT2D eigenvalue weighted by Crippen LogP contribution is -2.30. The van der Waals surface area contributed by atoms with Crippen molar-refractivity contribution in [1.82, 2.24) is 4.72 Å². The number of ether oxygens (including phenoxy) is 2. The van der Waals surface area contributed by atoms with Crippen molar-refractivity contribution in [1.29, 1.82) is 0 Å². The smallest absolute Gasteiger partial charge is 0.349 e. The minimum atomic E-state index is -4.68. The van der Waals surface area contributed by atoms with E-state index in [0.29, 0.717) is 0 Å². The molecule has 0 heterocycles. The third-order valence-electron chi connectivity index (χ3n) is 4.26. The van der Waals surface area contributed by atoms with Crippen molar-refractivity contribution >= 4 is 77.2 Å². The molecule has 36 heavy (non-hydrogen) atoms. The Morgan fingerprint density at radius 1 is 0.917 bits per heavy atom. The standard InChI is InChI=1S/C21H14FI2NO9S2/c22-13-2-1-3-16(8-13)35(28,29)25-21(27)12-4-6-14(7-5-12)34-19(26)11-33-15-9-17(23)20(18(24)10-15)36(30,31)32/h1-10H,11H2,(H,25,27)(H,30,31,32)/p-1. The van der Waals surface area contributed by atoms with E-state index >= 15 is 0 Å². The first-order chi connectivity index (χ1) is 16.8. The predicted molar refractivity (Wildman–Crippen MR) is 138 cm³/mol. The Labute approximate surface area is 232 Å². The molecule has 0 radical (unpaired) electrons. The second kappa shape index (κ2) is 11.4. The van der Waals surface area contributed by atoms with Crippen LogP contribution in [-0.4, -0.2) is 39.9 Å². The van der Waals surface area contributed by atoms with Gasteiger partial charge >= 0.3 is 5.97 Å². The van der Waals surface area contributed by atoms with Gasteiger partial charge in [0.1, 0.15) is 27.4 Å². The van der Waals surface area contributed by atoms with Crippen LogP contribution in [0.2, 0.25) is 0 Å². The summed E-state index contributed by atoms with van der Waals surface area (Å²) in [7, 11) is -8.98. The molecular weight excluding hydrogens is 747 g/mol. The van der Waals surface area contributed by atoms with Crippen molar-refractivity contribution in [2.45, 2.75) is 9.79 Å². The highest BCUT2D eigenvalue weighted by molar-refractivity contribution is 14.1. The molecule has 3 aromatic rings. The van der Waals surface area contributed by atoms with Crippen LogP contribution in [0.3, 0.4) is 0 Å². The van der Waals surface area contributed by atoms with Gasteiger partial charge in [0.25, 0.3) is 15.9 Å². The number of hydrogen-bond donors (Lipinski definition) is 1. The van der Waals surface area contributed by atoms with Crippen LogP contribution >= 0.6 is 45.2 Å². The summed E-state index contributed by atoms with van der Waals surface area (Å²) in [6, 6.07) is 11.6. The van der Waals surface area contributed by atoms with Crippen molar-refractivity contribution < 1.29 is 44.8 Å². The van der Waals surface area contributed by atoms with Gasteiger partial charge in [-0.2, -0.15) is 0 Å². The van der Waals surface area contributed by atoms with E-state index in [4.69, 9.17) is 9.47 Å². The maximum absolute atomic E-state index is 13.3. The summed E-state index contributed by atoms with van der Waals surface area (Å²) >= 11 is 3.33. The predicted octanol–water partition coefficient (Wildman–Crippen LogP) is 3.04. The summed E-state index contributed by atoms with van der Waals surface area (Å²) in [5, 5.41) is 0. The van der Waals surface area contributed by atoms with E-state index < -0.39 is 49.3 Å². The fraction of sp³-hybridized carbons (Fsp3) is 0.0476. The summed E-state index contributed by atoms with van der Waals surface area (Å²) in [6.07, 6.45) is 0. The molecule has 1 amide bonds. The lowest BCUT2D eigenvalue weighted by atomic mass is 10.2. The van der Waals surface area contributed by atoms with Crippen LogP contribution in [-0.2, 0) is 24.9 Å². The monoisotopic (exact) mass is 760 g/mol. The summed E-state index contributed by atoms with van der Waals surface area (Å²) in [4.78, 5) is 23.6. The van der Waals surface area contributed by atoms with Crippen LogP contribution in [0.15, 0.2) is 70.5 Å². The molecule has 15 heteroatoms. The first-order valence-corrected chi connectivity index (χ1v) is 14.5. The number of nitrogens with one attached hydrogen (secondary N) is 1. The van der Waals surface area contributed by atoms with Crippen LogP contribution in [0, 0.1) is 13.0 Å². The second-order valence-corrected chi connectivity index (χ2v) is 12.2. The number of esters is 1. The molecule has 0 spiro atoms. The summed E-state index contributed by atoms with van der Waals surface area (Å²) < 4.78 is 84.2. The van der Waals surface area contributed by atoms with Gasteiger partial charge in [-0.05, 0) is 99.8 Å². The third kappa shape index (κ3) is 7.34. The maximum Gasteiger partial charge on any atom is 0.349 e. The molecule has 10 nitrogen and oxygen atoms in total. The highest BCUT2D eigenvalue weighted by Gasteiger charge is 2.20. The molecule has 0 aromatic heterocycles. The molecule has 0 bridgehead atoms. The zero-order valence-corrected chi connectivity index (χ0v) is 23.6. The van der Waals surface area contributed by atoms with E-state index in [0.717, 1.165) is 18.2 Å². The van der Waals surface area contributed by atoms with Crippen LogP contribution in [0.25, 0.3) is 0 Å². The quantitative estimate of drug-likeness (QED) is 0.158. The Morgan fingerprint density at radius 2 is 1.53 bits per heavy atom. The molecule has 0 fully saturated rings. The topological polar surface area (TPSA) is 156 Å². The van der Waals surface area contributed by atoms with Gasteiger partial charge in [-0.1, -0.05) is 6.07 Å².